The first-order chi connectivity index (χ1) is 9.57. The minimum atomic E-state index is -0.438. The molecule has 1 fully saturated rings. The van der Waals surface area contributed by atoms with Crippen LogP contribution in [0.3, 0.4) is 0 Å². The van der Waals surface area contributed by atoms with E-state index in [0.717, 1.165) is 13.0 Å². The average molecular weight is 298 g/mol. The van der Waals surface area contributed by atoms with E-state index in [9.17, 15) is 4.79 Å². The monoisotopic (exact) mass is 298 g/mol. The predicted molar refractivity (Wildman–Crippen MR) is 87.4 cm³/mol. The van der Waals surface area contributed by atoms with Gasteiger partial charge in [0.25, 0.3) is 0 Å². The second kappa shape index (κ2) is 7.48. The second-order valence-corrected chi connectivity index (χ2v) is 8.46. The summed E-state index contributed by atoms with van der Waals surface area (Å²) >= 11 is 0. The summed E-state index contributed by atoms with van der Waals surface area (Å²) in [6.45, 7) is 14.2. The Kier molecular flexibility index (Phi) is 6.51. The summed E-state index contributed by atoms with van der Waals surface area (Å²) in [6, 6.07) is 0.507. The zero-order valence-electron chi connectivity index (χ0n) is 14.7. The van der Waals surface area contributed by atoms with Gasteiger partial charge in [-0.25, -0.2) is 4.79 Å². The van der Waals surface area contributed by atoms with Gasteiger partial charge in [-0.05, 0) is 57.9 Å². The number of piperidine rings is 1. The lowest BCUT2D eigenvalue weighted by molar-refractivity contribution is 0.0507. The standard InChI is InChI=1S/C17H34N2O2/c1-16(2,3)11-13(14-9-7-8-10-18-14)12-19-15(20)21-17(4,5)6/h13-14,18H,7-12H2,1-6H3,(H,19,20)/t13-,14+/m1/s1. The topological polar surface area (TPSA) is 50.4 Å². The average Bonchev–Trinajstić information content (AvgIpc) is 2.32. The summed E-state index contributed by atoms with van der Waals surface area (Å²) in [7, 11) is 0. The number of amides is 1. The number of carbonyl (C=O) groups excluding carboxylic acids is 1. The Bertz CT molecular complexity index is 323. The van der Waals surface area contributed by atoms with E-state index in [0.29, 0.717) is 18.5 Å². The van der Waals surface area contributed by atoms with E-state index in [2.05, 4.69) is 31.4 Å². The van der Waals surface area contributed by atoms with Crippen LogP contribution in [-0.2, 0) is 4.74 Å². The molecule has 0 aliphatic carbocycles. The maximum atomic E-state index is 11.9. The van der Waals surface area contributed by atoms with Gasteiger partial charge in [0.05, 0.1) is 0 Å². The van der Waals surface area contributed by atoms with E-state index in [1.165, 1.54) is 19.3 Å². The quantitative estimate of drug-likeness (QED) is 0.832. The lowest BCUT2D eigenvalue weighted by Gasteiger charge is -2.35. The fourth-order valence-electron chi connectivity index (χ4n) is 2.95. The molecule has 0 spiro atoms. The number of ether oxygens (including phenoxy) is 1. The highest BCUT2D eigenvalue weighted by molar-refractivity contribution is 5.67. The van der Waals surface area contributed by atoms with Crippen LogP contribution in [-0.4, -0.2) is 30.8 Å². The van der Waals surface area contributed by atoms with Gasteiger partial charge in [0, 0.05) is 12.6 Å². The van der Waals surface area contributed by atoms with Gasteiger partial charge in [-0.15, -0.1) is 0 Å². The molecule has 0 saturated carbocycles. The highest BCUT2D eigenvalue weighted by Gasteiger charge is 2.28. The Balaban J connectivity index is 2.54. The molecule has 0 bridgehead atoms. The largest absolute Gasteiger partial charge is 0.444 e. The molecular weight excluding hydrogens is 264 g/mol. The first kappa shape index (κ1) is 18.3. The summed E-state index contributed by atoms with van der Waals surface area (Å²) in [4.78, 5) is 11.9. The molecule has 4 heteroatoms. The molecule has 21 heavy (non-hydrogen) atoms. The van der Waals surface area contributed by atoms with Crippen molar-refractivity contribution >= 4 is 6.09 Å². The van der Waals surface area contributed by atoms with E-state index in [1.54, 1.807) is 0 Å². The van der Waals surface area contributed by atoms with Crippen LogP contribution in [0.25, 0.3) is 0 Å². The number of nitrogens with one attached hydrogen (secondary N) is 2. The van der Waals surface area contributed by atoms with Crippen molar-refractivity contribution in [2.24, 2.45) is 11.3 Å². The van der Waals surface area contributed by atoms with Crippen LogP contribution in [0, 0.1) is 11.3 Å². The van der Waals surface area contributed by atoms with Crippen LogP contribution in [0.4, 0.5) is 4.79 Å². The van der Waals surface area contributed by atoms with Crippen molar-refractivity contribution in [3.63, 3.8) is 0 Å². The number of carbonyl (C=O) groups is 1. The molecule has 1 rings (SSSR count). The molecule has 0 aromatic carbocycles. The maximum absolute atomic E-state index is 11.9. The molecule has 2 N–H and O–H groups in total. The summed E-state index contributed by atoms with van der Waals surface area (Å²) in [5.74, 6) is 0.456. The normalized spacial score (nSPS) is 21.7. The number of alkyl carbamates (subject to hydrolysis) is 1. The van der Waals surface area contributed by atoms with Crippen molar-refractivity contribution in [2.45, 2.75) is 78.9 Å². The second-order valence-electron chi connectivity index (χ2n) is 8.46. The van der Waals surface area contributed by atoms with Crippen molar-refractivity contribution in [3.05, 3.63) is 0 Å². The molecule has 1 saturated heterocycles. The zero-order valence-corrected chi connectivity index (χ0v) is 14.7. The first-order valence-electron chi connectivity index (χ1n) is 8.27. The molecule has 1 amide bonds. The van der Waals surface area contributed by atoms with Gasteiger partial charge in [-0.1, -0.05) is 27.2 Å². The summed E-state index contributed by atoms with van der Waals surface area (Å²) in [5.41, 5.74) is -0.175. The van der Waals surface area contributed by atoms with Crippen molar-refractivity contribution in [1.82, 2.24) is 10.6 Å². The molecule has 4 nitrogen and oxygen atoms in total. The zero-order chi connectivity index (χ0) is 16.1. The van der Waals surface area contributed by atoms with Crippen molar-refractivity contribution in [1.29, 1.82) is 0 Å². The van der Waals surface area contributed by atoms with E-state index in [1.807, 2.05) is 20.8 Å². The molecule has 0 aromatic rings. The Labute approximate surface area is 130 Å². The number of hydrogen-bond acceptors (Lipinski definition) is 3. The van der Waals surface area contributed by atoms with Crippen LogP contribution in [0.15, 0.2) is 0 Å². The van der Waals surface area contributed by atoms with Gasteiger partial charge in [-0.2, -0.15) is 0 Å². The van der Waals surface area contributed by atoms with E-state index < -0.39 is 5.60 Å². The van der Waals surface area contributed by atoms with E-state index >= 15 is 0 Å². The fraction of sp³-hybridized carbons (Fsp3) is 0.941. The third-order valence-corrected chi connectivity index (χ3v) is 3.70. The van der Waals surface area contributed by atoms with Crippen LogP contribution in [0.5, 0.6) is 0 Å². The lowest BCUT2D eigenvalue weighted by atomic mass is 9.79. The first-order valence-corrected chi connectivity index (χ1v) is 8.27. The molecule has 1 aliphatic heterocycles. The predicted octanol–water partition coefficient (Wildman–Crippen LogP) is 3.71. The summed E-state index contributed by atoms with van der Waals surface area (Å²) < 4.78 is 5.34. The van der Waals surface area contributed by atoms with Crippen LogP contribution in [0.1, 0.15) is 67.2 Å². The van der Waals surface area contributed by atoms with Crippen molar-refractivity contribution in [3.8, 4) is 0 Å². The maximum Gasteiger partial charge on any atom is 0.407 e. The van der Waals surface area contributed by atoms with Crippen LogP contribution in [0.2, 0.25) is 0 Å². The van der Waals surface area contributed by atoms with Gasteiger partial charge >= 0.3 is 6.09 Å². The van der Waals surface area contributed by atoms with Crippen LogP contribution < -0.4 is 10.6 Å². The highest BCUT2D eigenvalue weighted by Crippen LogP contribution is 2.28. The van der Waals surface area contributed by atoms with Gasteiger partial charge < -0.3 is 15.4 Å². The SMILES string of the molecule is CC(C)(C)C[C@H](CNC(=O)OC(C)(C)C)[C@@H]1CCCCN1. The molecule has 2 atom stereocenters. The van der Waals surface area contributed by atoms with E-state index in [-0.39, 0.29) is 11.5 Å². The third kappa shape index (κ3) is 8.30. The minimum absolute atomic E-state index is 0.263. The van der Waals surface area contributed by atoms with Crippen LogP contribution >= 0.6 is 0 Å². The number of hydrogen-bond donors (Lipinski definition) is 2. The van der Waals surface area contributed by atoms with Gasteiger partial charge in [-0.3, -0.25) is 0 Å². The van der Waals surface area contributed by atoms with Gasteiger partial charge in [0.2, 0.25) is 0 Å². The molecule has 1 aliphatic rings. The van der Waals surface area contributed by atoms with Gasteiger partial charge in [0.15, 0.2) is 0 Å². The highest BCUT2D eigenvalue weighted by atomic mass is 16.6. The molecule has 1 heterocycles. The molecule has 0 aromatic heterocycles. The molecule has 0 unspecified atom stereocenters. The fourth-order valence-corrected chi connectivity index (χ4v) is 2.95. The third-order valence-electron chi connectivity index (χ3n) is 3.70. The molecular formula is C17H34N2O2. The minimum Gasteiger partial charge on any atom is -0.444 e. The van der Waals surface area contributed by atoms with Gasteiger partial charge in [0.1, 0.15) is 5.60 Å². The van der Waals surface area contributed by atoms with Crippen molar-refractivity contribution < 1.29 is 9.53 Å². The number of rotatable bonds is 4. The lowest BCUT2D eigenvalue weighted by Crippen LogP contribution is -2.46. The molecule has 0 radical (unpaired) electrons. The summed E-state index contributed by atoms with van der Waals surface area (Å²) in [6.07, 6.45) is 4.54. The smallest absolute Gasteiger partial charge is 0.407 e. The summed E-state index contributed by atoms with van der Waals surface area (Å²) in [5, 5.41) is 6.58. The van der Waals surface area contributed by atoms with E-state index in [4.69, 9.17) is 4.74 Å². The Morgan fingerprint density at radius 1 is 1.24 bits per heavy atom. The van der Waals surface area contributed by atoms with Crippen molar-refractivity contribution in [2.75, 3.05) is 13.1 Å². The molecule has 124 valence electrons. The Hall–Kier alpha value is -0.770. The Morgan fingerprint density at radius 3 is 2.38 bits per heavy atom. The Morgan fingerprint density at radius 2 is 1.90 bits per heavy atom.